The Morgan fingerprint density at radius 1 is 1.35 bits per heavy atom. The number of hydrogen-bond acceptors (Lipinski definition) is 5. The van der Waals surface area contributed by atoms with Gasteiger partial charge in [-0.3, -0.25) is 0 Å². The predicted molar refractivity (Wildman–Crippen MR) is 97.1 cm³/mol. The van der Waals surface area contributed by atoms with Crippen molar-refractivity contribution in [2.45, 2.75) is 19.6 Å². The Kier molecular flexibility index (Phi) is 4.57. The molecule has 26 heavy (non-hydrogen) atoms. The highest BCUT2D eigenvalue weighted by Gasteiger charge is 2.13. The molecule has 0 bridgehead atoms. The van der Waals surface area contributed by atoms with Crippen LogP contribution in [0.5, 0.6) is 0 Å². The Labute approximate surface area is 151 Å². The fourth-order valence-corrected chi connectivity index (χ4v) is 2.81. The van der Waals surface area contributed by atoms with Gasteiger partial charge in [-0.25, -0.2) is 4.98 Å². The third kappa shape index (κ3) is 3.54. The van der Waals surface area contributed by atoms with Crippen LogP contribution in [0.2, 0.25) is 0 Å². The van der Waals surface area contributed by atoms with Gasteiger partial charge in [-0.15, -0.1) is 0 Å². The molecular formula is C20H20N4O2. The molecule has 6 nitrogen and oxygen atoms in total. The van der Waals surface area contributed by atoms with Crippen LogP contribution in [0.25, 0.3) is 11.3 Å². The van der Waals surface area contributed by atoms with Crippen LogP contribution in [-0.2, 0) is 6.54 Å². The number of rotatable bonds is 4. The van der Waals surface area contributed by atoms with Crippen molar-refractivity contribution in [1.82, 2.24) is 20.0 Å². The number of benzene rings is 1. The number of aromatic nitrogens is 3. The van der Waals surface area contributed by atoms with Crippen LogP contribution in [-0.4, -0.2) is 32.9 Å². The normalized spacial score (nSPS) is 15.2. The molecule has 1 unspecified atom stereocenters. The molecule has 1 aromatic carbocycles. The largest absolute Gasteiger partial charge is 0.385 e. The monoisotopic (exact) mass is 348 g/mol. The van der Waals surface area contributed by atoms with Gasteiger partial charge in [-0.05, 0) is 31.2 Å². The van der Waals surface area contributed by atoms with E-state index in [1.54, 1.807) is 13.1 Å². The molecule has 1 fully saturated rings. The van der Waals surface area contributed by atoms with Gasteiger partial charge in [0.05, 0.1) is 6.54 Å². The molecule has 6 heteroatoms. The van der Waals surface area contributed by atoms with Crippen molar-refractivity contribution in [3.63, 3.8) is 0 Å². The van der Waals surface area contributed by atoms with E-state index in [0.717, 1.165) is 29.9 Å². The van der Waals surface area contributed by atoms with E-state index in [4.69, 9.17) is 4.52 Å². The highest BCUT2D eigenvalue weighted by molar-refractivity contribution is 5.59. The molecule has 0 spiro atoms. The molecule has 132 valence electrons. The Morgan fingerprint density at radius 2 is 2.15 bits per heavy atom. The average Bonchev–Trinajstić information content (AvgIpc) is 3.24. The average molecular weight is 348 g/mol. The van der Waals surface area contributed by atoms with Gasteiger partial charge in [0.15, 0.2) is 5.76 Å². The number of nitrogens with one attached hydrogen (secondary N) is 1. The highest BCUT2D eigenvalue weighted by atomic mass is 16.5. The van der Waals surface area contributed by atoms with Crippen LogP contribution >= 0.6 is 0 Å². The first-order valence-electron chi connectivity index (χ1n) is 8.66. The summed E-state index contributed by atoms with van der Waals surface area (Å²) < 4.78 is 7.34. The van der Waals surface area contributed by atoms with Crippen molar-refractivity contribution in [2.75, 3.05) is 13.1 Å². The zero-order valence-corrected chi connectivity index (χ0v) is 14.5. The quantitative estimate of drug-likeness (QED) is 0.707. The summed E-state index contributed by atoms with van der Waals surface area (Å²) in [5, 5.41) is 17.1. The van der Waals surface area contributed by atoms with Crippen LogP contribution in [0.4, 0.5) is 0 Å². The van der Waals surface area contributed by atoms with Crippen molar-refractivity contribution in [2.24, 2.45) is 5.92 Å². The maximum atomic E-state index is 9.74. The Bertz CT molecular complexity index is 940. The van der Waals surface area contributed by atoms with E-state index in [1.165, 1.54) is 0 Å². The lowest BCUT2D eigenvalue weighted by atomic mass is 10.0. The van der Waals surface area contributed by atoms with Crippen LogP contribution in [0.3, 0.4) is 0 Å². The molecule has 2 N–H and O–H groups in total. The Balaban J connectivity index is 1.47. The van der Waals surface area contributed by atoms with E-state index in [2.05, 4.69) is 27.3 Å². The molecule has 3 aromatic rings. The van der Waals surface area contributed by atoms with Crippen molar-refractivity contribution >= 4 is 0 Å². The standard InChI is InChI=1S/C20H20N4O2/c1-14(25)20-22-8-9-24(20)13-18-10-19(26-23-18)17-6-4-15(5-7-17)2-3-16-11-21-12-16/h4-10,14,16,21,25H,11-13H2,1H3. The molecule has 3 heterocycles. The predicted octanol–water partition coefficient (Wildman–Crippen LogP) is 2.21. The van der Waals surface area contributed by atoms with Crippen molar-refractivity contribution in [3.8, 4) is 23.2 Å². The number of aliphatic hydroxyl groups is 1. The van der Waals surface area contributed by atoms with Crippen molar-refractivity contribution < 1.29 is 9.63 Å². The summed E-state index contributed by atoms with van der Waals surface area (Å²) in [5.41, 5.74) is 2.74. The second-order valence-electron chi connectivity index (χ2n) is 6.47. The lowest BCUT2D eigenvalue weighted by Gasteiger charge is -2.21. The van der Waals surface area contributed by atoms with Gasteiger partial charge in [0.2, 0.25) is 0 Å². The summed E-state index contributed by atoms with van der Waals surface area (Å²) in [4.78, 5) is 4.16. The van der Waals surface area contributed by atoms with E-state index in [0.29, 0.717) is 24.0 Å². The van der Waals surface area contributed by atoms with Gasteiger partial charge >= 0.3 is 0 Å². The summed E-state index contributed by atoms with van der Waals surface area (Å²) in [5.74, 6) is 8.26. The first-order valence-corrected chi connectivity index (χ1v) is 8.66. The van der Waals surface area contributed by atoms with Crippen LogP contribution < -0.4 is 5.32 Å². The zero-order valence-electron chi connectivity index (χ0n) is 14.5. The van der Waals surface area contributed by atoms with Gasteiger partial charge in [0.25, 0.3) is 0 Å². The number of imidazole rings is 1. The molecule has 0 aliphatic carbocycles. The first-order chi connectivity index (χ1) is 12.7. The molecule has 4 rings (SSSR count). The summed E-state index contributed by atoms with van der Waals surface area (Å²) in [6, 6.07) is 9.89. The maximum absolute atomic E-state index is 9.74. The van der Waals surface area contributed by atoms with Crippen molar-refractivity contribution in [1.29, 1.82) is 0 Å². The van der Waals surface area contributed by atoms with E-state index in [1.807, 2.05) is 41.1 Å². The molecule has 1 aliphatic heterocycles. The molecule has 0 saturated carbocycles. The smallest absolute Gasteiger partial charge is 0.167 e. The lowest BCUT2D eigenvalue weighted by Crippen LogP contribution is -2.40. The first kappa shape index (κ1) is 16.6. The maximum Gasteiger partial charge on any atom is 0.167 e. The summed E-state index contributed by atoms with van der Waals surface area (Å²) in [6.45, 7) is 4.17. The zero-order chi connectivity index (χ0) is 17.9. The van der Waals surface area contributed by atoms with Gasteiger partial charge in [-0.1, -0.05) is 17.0 Å². The van der Waals surface area contributed by atoms with E-state index in [-0.39, 0.29) is 0 Å². The van der Waals surface area contributed by atoms with Crippen LogP contribution in [0.1, 0.15) is 30.1 Å². The number of aliphatic hydroxyl groups excluding tert-OH is 1. The second-order valence-corrected chi connectivity index (χ2v) is 6.47. The number of nitrogens with zero attached hydrogens (tertiary/aromatic N) is 3. The van der Waals surface area contributed by atoms with Crippen molar-refractivity contribution in [3.05, 3.63) is 59.8 Å². The third-order valence-electron chi connectivity index (χ3n) is 4.38. The second kappa shape index (κ2) is 7.16. The third-order valence-corrected chi connectivity index (χ3v) is 4.38. The topological polar surface area (TPSA) is 76.1 Å². The number of hydrogen-bond donors (Lipinski definition) is 2. The van der Waals surface area contributed by atoms with E-state index >= 15 is 0 Å². The molecule has 0 radical (unpaired) electrons. The molecular weight excluding hydrogens is 328 g/mol. The van der Waals surface area contributed by atoms with Gasteiger partial charge in [0, 0.05) is 48.6 Å². The van der Waals surface area contributed by atoms with Gasteiger partial charge in [0.1, 0.15) is 17.6 Å². The summed E-state index contributed by atoms with van der Waals surface area (Å²) in [7, 11) is 0. The highest BCUT2D eigenvalue weighted by Crippen LogP contribution is 2.22. The summed E-state index contributed by atoms with van der Waals surface area (Å²) in [6.07, 6.45) is 2.87. The van der Waals surface area contributed by atoms with Gasteiger partial charge in [-0.2, -0.15) is 0 Å². The van der Waals surface area contributed by atoms with Gasteiger partial charge < -0.3 is 19.5 Å². The Morgan fingerprint density at radius 3 is 2.85 bits per heavy atom. The fraction of sp³-hybridized carbons (Fsp3) is 0.300. The van der Waals surface area contributed by atoms with E-state index < -0.39 is 6.10 Å². The molecule has 0 amide bonds. The van der Waals surface area contributed by atoms with E-state index in [9.17, 15) is 5.11 Å². The molecule has 1 aliphatic rings. The molecule has 1 saturated heterocycles. The fourth-order valence-electron chi connectivity index (χ4n) is 2.81. The molecule has 2 aromatic heterocycles. The minimum Gasteiger partial charge on any atom is -0.385 e. The Hall–Kier alpha value is -2.88. The SMILES string of the molecule is CC(O)c1nccn1Cc1cc(-c2ccc(C#CC3CNC3)cc2)on1. The minimum absolute atomic E-state index is 0.473. The van der Waals surface area contributed by atoms with Crippen LogP contribution in [0.15, 0.2) is 47.2 Å². The van der Waals surface area contributed by atoms with Crippen LogP contribution in [0, 0.1) is 17.8 Å². The molecule has 1 atom stereocenters. The summed E-state index contributed by atoms with van der Waals surface area (Å²) >= 11 is 0. The lowest BCUT2D eigenvalue weighted by molar-refractivity contribution is 0.184. The minimum atomic E-state index is -0.624.